The molecule has 55 heavy (non-hydrogen) atoms. The first-order valence-corrected chi connectivity index (χ1v) is 20.1. The zero-order chi connectivity index (χ0) is 40.0. The number of H-pyrrole nitrogens is 1. The van der Waals surface area contributed by atoms with Gasteiger partial charge in [-0.2, -0.15) is 4.31 Å². The molecule has 0 spiro atoms. The highest BCUT2D eigenvalue weighted by Crippen LogP contribution is 2.64. The predicted octanol–water partition coefficient (Wildman–Crippen LogP) is 6.80. The number of esters is 2. The van der Waals surface area contributed by atoms with Crippen molar-refractivity contribution in [2.45, 2.75) is 84.8 Å². The number of hydrogen-bond donors (Lipinski definition) is 2. The van der Waals surface area contributed by atoms with Crippen molar-refractivity contribution in [3.63, 3.8) is 0 Å². The molecule has 0 saturated heterocycles. The normalized spacial score (nSPS) is 16.5. The number of carbonyl (C=O) groups is 2. The topological polar surface area (TPSA) is 257 Å². The van der Waals surface area contributed by atoms with Gasteiger partial charge in [0, 0.05) is 35.2 Å². The number of aromatic nitrogens is 2. The first-order chi connectivity index (χ1) is 26.2. The Morgan fingerprint density at radius 1 is 0.909 bits per heavy atom. The molecule has 1 aliphatic heterocycles. The summed E-state index contributed by atoms with van der Waals surface area (Å²) in [6.45, 7) is 3.62. The Bertz CT molecular complexity index is 2020. The number of phosphoric ester groups is 2. The molecule has 0 saturated carbocycles. The van der Waals surface area contributed by atoms with E-state index in [0.717, 1.165) is 17.4 Å². The first kappa shape index (κ1) is 43.1. The van der Waals surface area contributed by atoms with Gasteiger partial charge in [0.15, 0.2) is 6.23 Å². The van der Waals surface area contributed by atoms with Crippen molar-refractivity contribution < 1.29 is 55.7 Å². The molecule has 0 radical (unpaired) electrons. The summed E-state index contributed by atoms with van der Waals surface area (Å²) in [5, 5.41) is 3.50. The van der Waals surface area contributed by atoms with Crippen molar-refractivity contribution in [2.75, 3.05) is 6.61 Å². The van der Waals surface area contributed by atoms with Crippen LogP contribution in [0.25, 0.3) is 10.4 Å². The average molecular weight is 806 g/mol. The summed E-state index contributed by atoms with van der Waals surface area (Å²) in [6, 6.07) is 12.0. The van der Waals surface area contributed by atoms with E-state index < -0.39 is 71.0 Å². The number of benzene rings is 2. The highest BCUT2D eigenvalue weighted by atomic mass is 31.3. The molecule has 4 rings (SSSR count). The number of unbranched alkanes of at least 4 members (excludes halogenated alkanes) is 2. The van der Waals surface area contributed by atoms with Crippen molar-refractivity contribution in [2.24, 2.45) is 5.11 Å². The highest BCUT2D eigenvalue weighted by molar-refractivity contribution is 7.61. The third-order valence-corrected chi connectivity index (χ3v) is 10.7. The molecule has 2 heterocycles. The van der Waals surface area contributed by atoms with Gasteiger partial charge in [0.2, 0.25) is 0 Å². The monoisotopic (exact) mass is 805 g/mol. The summed E-state index contributed by atoms with van der Waals surface area (Å²) in [5.41, 5.74) is 8.44. The average Bonchev–Trinajstić information content (AvgIpc) is 3.55. The van der Waals surface area contributed by atoms with Gasteiger partial charge in [0.05, 0.1) is 19.8 Å². The molecule has 0 bridgehead atoms. The van der Waals surface area contributed by atoms with Gasteiger partial charge in [-0.3, -0.25) is 37.5 Å². The van der Waals surface area contributed by atoms with Crippen LogP contribution in [0.1, 0.15) is 75.3 Å². The van der Waals surface area contributed by atoms with E-state index >= 15 is 0 Å². The predicted molar refractivity (Wildman–Crippen MR) is 194 cm³/mol. The van der Waals surface area contributed by atoms with Gasteiger partial charge in [-0.1, -0.05) is 56.1 Å². The summed E-state index contributed by atoms with van der Waals surface area (Å²) < 4.78 is 65.4. The number of azide groups is 1. The van der Waals surface area contributed by atoms with Crippen molar-refractivity contribution in [1.29, 1.82) is 0 Å². The fraction of sp³-hybridized carbons (Fsp3) is 0.412. The van der Waals surface area contributed by atoms with E-state index in [2.05, 4.69) is 15.0 Å². The first-order valence-electron chi connectivity index (χ1n) is 17.1. The summed E-state index contributed by atoms with van der Waals surface area (Å²) in [5.74, 6) is -0.280. The molecule has 3 atom stereocenters. The van der Waals surface area contributed by atoms with Crippen LogP contribution in [0, 0.1) is 6.92 Å². The van der Waals surface area contributed by atoms with Gasteiger partial charge >= 0.3 is 33.3 Å². The van der Waals surface area contributed by atoms with Gasteiger partial charge in [-0.05, 0) is 66.8 Å². The molecule has 1 aliphatic rings. The van der Waals surface area contributed by atoms with Crippen LogP contribution >= 0.6 is 15.6 Å². The Morgan fingerprint density at radius 2 is 1.44 bits per heavy atom. The van der Waals surface area contributed by atoms with Crippen LogP contribution in [0.2, 0.25) is 0 Å². The number of hydrogen-bond acceptors (Lipinski definition) is 14. The molecule has 296 valence electrons. The van der Waals surface area contributed by atoms with Gasteiger partial charge in [0.25, 0.3) is 5.56 Å². The van der Waals surface area contributed by atoms with E-state index in [1.54, 1.807) is 0 Å². The SMILES string of the molecule is CCCCC(=O)Oc1ccc(COP(=O)(OCc2ccc(OC(=O)CCCC)cc2)OP(=O)(O)OCC2O[C@@H](n3cc(C)c(=O)[nH]c3=O)C=C2N=[N+]=[N-])cc1. The Morgan fingerprint density at radius 3 is 1.93 bits per heavy atom. The van der Waals surface area contributed by atoms with E-state index in [1.807, 2.05) is 13.8 Å². The second kappa shape index (κ2) is 20.3. The zero-order valence-corrected chi connectivity index (χ0v) is 32.0. The number of carbonyl (C=O) groups excluding carboxylic acids is 2. The maximum atomic E-state index is 13.9. The summed E-state index contributed by atoms with van der Waals surface area (Å²) in [7, 11) is -10.3. The maximum Gasteiger partial charge on any atom is 0.484 e. The van der Waals surface area contributed by atoms with Crippen molar-refractivity contribution in [1.82, 2.24) is 9.55 Å². The van der Waals surface area contributed by atoms with Gasteiger partial charge < -0.3 is 19.1 Å². The number of aryl methyl sites for hydroxylation is 1. The second-order valence-corrected chi connectivity index (χ2v) is 15.3. The van der Waals surface area contributed by atoms with E-state index in [1.165, 1.54) is 67.7 Å². The number of ether oxygens (including phenoxy) is 3. The van der Waals surface area contributed by atoms with Gasteiger partial charge in [0.1, 0.15) is 17.6 Å². The molecule has 2 aromatic carbocycles. The minimum Gasteiger partial charge on any atom is -0.427 e. The number of nitrogens with zero attached hydrogens (tertiary/aromatic N) is 4. The minimum atomic E-state index is -5.32. The van der Waals surface area contributed by atoms with Gasteiger partial charge in [-0.25, -0.2) is 13.9 Å². The standard InChI is InChI=1S/C34H41N5O14P2/c1-4-6-8-31(40)50-26-14-10-24(11-15-26)20-48-55(46,49-21-25-12-16-27(17-13-25)51-32(41)9-7-5-2)53-54(44,45)47-22-29-28(37-38-35)18-30(52-29)39-19-23(3)33(42)36-34(39)43/h10-19,29-30H,4-9,20-22H2,1-3H3,(H,44,45)(H,36,42,43)/t29?,30-/m1/s1. The molecular weight excluding hydrogens is 764 g/mol. The number of rotatable bonds is 21. The van der Waals surface area contributed by atoms with Crippen LogP contribution < -0.4 is 20.7 Å². The Labute approximate surface area is 315 Å². The third-order valence-electron chi connectivity index (χ3n) is 7.68. The molecule has 2 N–H and O–H groups in total. The fourth-order valence-electron chi connectivity index (χ4n) is 4.74. The summed E-state index contributed by atoms with van der Waals surface area (Å²) in [6.07, 6.45) is 3.42. The van der Waals surface area contributed by atoms with Crippen molar-refractivity contribution >= 4 is 27.6 Å². The van der Waals surface area contributed by atoms with E-state index in [0.29, 0.717) is 24.0 Å². The lowest BCUT2D eigenvalue weighted by Gasteiger charge is -2.22. The molecule has 19 nitrogen and oxygen atoms in total. The van der Waals surface area contributed by atoms with Crippen LogP contribution in [0.4, 0.5) is 0 Å². The van der Waals surface area contributed by atoms with Gasteiger partial charge in [-0.15, -0.1) is 0 Å². The summed E-state index contributed by atoms with van der Waals surface area (Å²) >= 11 is 0. The number of nitrogens with one attached hydrogen (secondary N) is 1. The maximum absolute atomic E-state index is 13.9. The van der Waals surface area contributed by atoms with Crippen molar-refractivity contribution in [3.8, 4) is 11.5 Å². The lowest BCUT2D eigenvalue weighted by atomic mass is 10.2. The lowest BCUT2D eigenvalue weighted by molar-refractivity contribution is -0.135. The summed E-state index contributed by atoms with van der Waals surface area (Å²) in [4.78, 5) is 63.7. The highest BCUT2D eigenvalue weighted by Gasteiger charge is 2.40. The molecule has 21 heteroatoms. The van der Waals surface area contributed by atoms with E-state index in [-0.39, 0.29) is 35.6 Å². The number of phosphoric acid groups is 2. The van der Waals surface area contributed by atoms with Crippen LogP contribution in [-0.4, -0.2) is 39.1 Å². The third kappa shape index (κ3) is 13.5. The Kier molecular flexibility index (Phi) is 15.9. The quantitative estimate of drug-likeness (QED) is 0.0280. The molecule has 0 fully saturated rings. The largest absolute Gasteiger partial charge is 0.484 e. The Hall–Kier alpha value is -4.67. The number of aromatic amines is 1. The van der Waals surface area contributed by atoms with Crippen LogP contribution in [0.15, 0.2) is 81.2 Å². The molecular formula is C34H41N5O14P2. The second-order valence-electron chi connectivity index (χ2n) is 12.1. The molecule has 3 aromatic rings. The van der Waals surface area contributed by atoms with Crippen LogP contribution in [0.5, 0.6) is 11.5 Å². The lowest BCUT2D eigenvalue weighted by Crippen LogP contribution is -2.33. The molecule has 0 aliphatic carbocycles. The minimum absolute atomic E-state index is 0.127. The van der Waals surface area contributed by atoms with E-state index in [4.69, 9.17) is 37.6 Å². The van der Waals surface area contributed by atoms with Crippen LogP contribution in [0.3, 0.4) is 0 Å². The fourth-order valence-corrected chi connectivity index (χ4v) is 7.33. The van der Waals surface area contributed by atoms with E-state index in [9.17, 15) is 33.2 Å². The van der Waals surface area contributed by atoms with Crippen LogP contribution in [-0.2, 0) is 54.6 Å². The zero-order valence-electron chi connectivity index (χ0n) is 30.2. The van der Waals surface area contributed by atoms with Crippen molar-refractivity contribution in [3.05, 3.63) is 114 Å². The molecule has 1 aromatic heterocycles. The molecule has 0 amide bonds. The Balaban J connectivity index is 1.46. The molecule has 2 unspecified atom stereocenters. The smallest absolute Gasteiger partial charge is 0.427 e.